The molecule has 0 aliphatic rings. The molecule has 0 aliphatic heterocycles. The average Bonchev–Trinajstić information content (AvgIpc) is 1.82. The minimum absolute atomic E-state index is 0.200. The van der Waals surface area contributed by atoms with Gasteiger partial charge in [-0.25, -0.2) is 4.79 Å². The van der Waals surface area contributed by atoms with Crippen molar-refractivity contribution in [2.24, 2.45) is 0 Å². The van der Waals surface area contributed by atoms with Gasteiger partial charge in [0.05, 0.1) is 8.58 Å². The second kappa shape index (κ2) is 5.39. The first-order valence-corrected chi connectivity index (χ1v) is 3.49. The van der Waals surface area contributed by atoms with Crippen LogP contribution in [-0.2, 0) is 14.1 Å². The van der Waals surface area contributed by atoms with Gasteiger partial charge in [-0.1, -0.05) is 0 Å². The monoisotopic (exact) mass is 161 g/mol. The first kappa shape index (κ1) is 9.59. The summed E-state index contributed by atoms with van der Waals surface area (Å²) in [6.07, 6.45) is 0. The Morgan fingerprint density at radius 1 is 1.50 bits per heavy atom. The zero-order valence-electron chi connectivity index (χ0n) is 5.71. The van der Waals surface area contributed by atoms with Crippen molar-refractivity contribution < 1.29 is 18.9 Å². The first-order chi connectivity index (χ1) is 4.66. The largest absolute Gasteiger partial charge is 0.574 e. The van der Waals surface area contributed by atoms with Crippen LogP contribution in [0, 0.1) is 0 Å². The van der Waals surface area contributed by atoms with E-state index in [2.05, 4.69) is 9.31 Å². The van der Waals surface area contributed by atoms with E-state index in [-0.39, 0.29) is 5.52 Å². The predicted molar refractivity (Wildman–Crippen MR) is 38.2 cm³/mol. The van der Waals surface area contributed by atoms with E-state index in [4.69, 9.17) is 0 Å². The Kier molecular flexibility index (Phi) is 5.17. The third-order valence-electron chi connectivity index (χ3n) is 0.529. The fourth-order valence-electron chi connectivity index (χ4n) is 0.265. The molecule has 0 aromatic carbocycles. The highest BCUT2D eigenvalue weighted by molar-refractivity contribution is 7.73. The Bertz CT molecular complexity index is 137. The highest BCUT2D eigenvalue weighted by atomic mass is 31.1. The topological polar surface area (TPSA) is 52.6 Å². The highest BCUT2D eigenvalue weighted by Crippen LogP contribution is 2.13. The van der Waals surface area contributed by atoms with Crippen LogP contribution in [0.15, 0.2) is 0 Å². The number of hydrogen-bond donors (Lipinski definition) is 0. The van der Waals surface area contributed by atoms with E-state index in [1.165, 1.54) is 14.0 Å². The van der Waals surface area contributed by atoms with Crippen LogP contribution in [0.3, 0.4) is 0 Å². The van der Waals surface area contributed by atoms with Crippen molar-refractivity contribution in [1.29, 1.82) is 0 Å². The van der Waals surface area contributed by atoms with Crippen molar-refractivity contribution in [3.8, 4) is 0 Å². The lowest BCUT2D eigenvalue weighted by molar-refractivity contribution is -0.109. The fraction of sp³-hybridized carbons (Fsp3) is 0.500. The van der Waals surface area contributed by atoms with E-state index in [1.807, 2.05) is 0 Å². The summed E-state index contributed by atoms with van der Waals surface area (Å²) in [6, 6.07) is 0. The molecular formula is C4H7BO4P. The molecule has 0 aliphatic carbocycles. The van der Waals surface area contributed by atoms with Crippen molar-refractivity contribution >= 4 is 27.5 Å². The summed E-state index contributed by atoms with van der Waals surface area (Å²) >= 11 is 0. The molecule has 0 fully saturated rings. The van der Waals surface area contributed by atoms with E-state index < -0.39 is 14.3 Å². The Morgan fingerprint density at radius 2 is 2.10 bits per heavy atom. The van der Waals surface area contributed by atoms with Crippen molar-refractivity contribution in [2.75, 3.05) is 7.11 Å². The van der Waals surface area contributed by atoms with Gasteiger partial charge in [0.2, 0.25) is 0 Å². The Labute approximate surface area is 61.4 Å². The van der Waals surface area contributed by atoms with Crippen molar-refractivity contribution in [3.63, 3.8) is 0 Å². The van der Waals surface area contributed by atoms with Crippen molar-refractivity contribution in [1.82, 2.24) is 0 Å². The van der Waals surface area contributed by atoms with Crippen LogP contribution in [0.25, 0.3) is 0 Å². The molecule has 55 valence electrons. The average molecular weight is 161 g/mol. The SMILES string of the molecule is CO[B]OC(=O)PC(C)=O. The van der Waals surface area contributed by atoms with E-state index >= 15 is 0 Å². The maximum atomic E-state index is 10.5. The molecule has 4 nitrogen and oxygen atoms in total. The van der Waals surface area contributed by atoms with Gasteiger partial charge in [-0.2, -0.15) is 0 Å². The molecule has 0 aromatic heterocycles. The number of rotatable bonds is 4. The van der Waals surface area contributed by atoms with Gasteiger partial charge < -0.3 is 9.31 Å². The van der Waals surface area contributed by atoms with Gasteiger partial charge in [-0.15, -0.1) is 0 Å². The van der Waals surface area contributed by atoms with Crippen molar-refractivity contribution in [2.45, 2.75) is 6.92 Å². The molecule has 0 saturated carbocycles. The van der Waals surface area contributed by atoms with E-state index in [1.54, 1.807) is 0 Å². The summed E-state index contributed by atoms with van der Waals surface area (Å²) in [4.78, 5) is 20.7. The normalized spacial score (nSPS) is 9.80. The smallest absolute Gasteiger partial charge is 0.507 e. The lowest BCUT2D eigenvalue weighted by Gasteiger charge is -1.97. The molecule has 1 unspecified atom stereocenters. The molecule has 1 atom stereocenters. The van der Waals surface area contributed by atoms with Crippen LogP contribution in [0.5, 0.6) is 0 Å². The minimum Gasteiger partial charge on any atom is -0.507 e. The Morgan fingerprint density at radius 3 is 2.50 bits per heavy atom. The molecule has 0 aromatic rings. The molecule has 0 N–H and O–H groups in total. The summed E-state index contributed by atoms with van der Waals surface area (Å²) < 4.78 is 8.63. The summed E-state index contributed by atoms with van der Waals surface area (Å²) in [5.74, 6) is 0. The fourth-order valence-corrected chi connectivity index (χ4v) is 0.659. The summed E-state index contributed by atoms with van der Waals surface area (Å²) in [7, 11) is 1.80. The van der Waals surface area contributed by atoms with Gasteiger partial charge >= 0.3 is 13.4 Å². The molecule has 0 rings (SSSR count). The third-order valence-corrected chi connectivity index (χ3v) is 1.20. The van der Waals surface area contributed by atoms with Gasteiger partial charge in [0.1, 0.15) is 0 Å². The van der Waals surface area contributed by atoms with Crippen LogP contribution in [0.4, 0.5) is 4.79 Å². The summed E-state index contributed by atoms with van der Waals surface area (Å²) in [6.45, 7) is 1.33. The standard InChI is InChI=1S/C4H7BO4P/c1-3(6)10-4(7)9-5-8-2/h10H,1-2H3. The van der Waals surface area contributed by atoms with Gasteiger partial charge in [-0.05, 0) is 6.92 Å². The molecular weight excluding hydrogens is 154 g/mol. The van der Waals surface area contributed by atoms with Crippen LogP contribution < -0.4 is 0 Å². The first-order valence-electron chi connectivity index (χ1n) is 2.49. The van der Waals surface area contributed by atoms with Crippen molar-refractivity contribution in [3.05, 3.63) is 0 Å². The maximum Gasteiger partial charge on any atom is 0.574 e. The third kappa shape index (κ3) is 5.73. The number of carbonyl (C=O) groups excluding carboxylic acids is 2. The maximum absolute atomic E-state index is 10.5. The van der Waals surface area contributed by atoms with E-state index in [0.717, 1.165) is 7.69 Å². The van der Waals surface area contributed by atoms with Crippen LogP contribution in [0.1, 0.15) is 6.92 Å². The van der Waals surface area contributed by atoms with Gasteiger partial charge in [0.15, 0.2) is 5.52 Å². The zero-order valence-corrected chi connectivity index (χ0v) is 6.71. The van der Waals surface area contributed by atoms with Gasteiger partial charge in [0, 0.05) is 7.11 Å². The van der Waals surface area contributed by atoms with Crippen LogP contribution in [0.2, 0.25) is 0 Å². The molecule has 10 heavy (non-hydrogen) atoms. The second-order valence-corrected chi connectivity index (χ2v) is 2.78. The van der Waals surface area contributed by atoms with E-state index in [0.29, 0.717) is 0 Å². The van der Waals surface area contributed by atoms with E-state index in [9.17, 15) is 9.59 Å². The molecule has 0 saturated heterocycles. The Hall–Kier alpha value is -0.405. The van der Waals surface area contributed by atoms with Gasteiger partial charge in [0.25, 0.3) is 0 Å². The molecule has 6 heteroatoms. The molecule has 0 heterocycles. The Balaban J connectivity index is 3.35. The molecule has 0 bridgehead atoms. The number of hydrogen-bond acceptors (Lipinski definition) is 4. The highest BCUT2D eigenvalue weighted by Gasteiger charge is 2.06. The van der Waals surface area contributed by atoms with Crippen LogP contribution >= 0.6 is 8.58 Å². The zero-order chi connectivity index (χ0) is 7.98. The second-order valence-electron chi connectivity index (χ2n) is 1.42. The number of carbonyl (C=O) groups is 2. The molecule has 0 amide bonds. The molecule has 0 spiro atoms. The minimum atomic E-state index is -0.575. The summed E-state index contributed by atoms with van der Waals surface area (Å²) in [5.41, 5.74) is -0.774. The quantitative estimate of drug-likeness (QED) is 0.445. The van der Waals surface area contributed by atoms with Gasteiger partial charge in [-0.3, -0.25) is 4.79 Å². The lowest BCUT2D eigenvalue weighted by atomic mass is 10.4. The van der Waals surface area contributed by atoms with Crippen LogP contribution in [-0.4, -0.2) is 26.0 Å². The molecule has 1 radical (unpaired) electrons. The summed E-state index contributed by atoms with van der Waals surface area (Å²) in [5, 5.41) is 0. The lowest BCUT2D eigenvalue weighted by Crippen LogP contribution is -2.05. The predicted octanol–water partition coefficient (Wildman–Crippen LogP) is 0.529.